The van der Waals surface area contributed by atoms with Gasteiger partial charge in [-0.3, -0.25) is 9.59 Å². The molecule has 2 aliphatic heterocycles. The molecular formula is C17H21N3O2. The van der Waals surface area contributed by atoms with Crippen molar-refractivity contribution in [2.45, 2.75) is 37.8 Å². The molecule has 2 N–H and O–H groups in total. The number of piperidine rings is 1. The number of hydrogen-bond donors (Lipinski definition) is 2. The predicted molar refractivity (Wildman–Crippen MR) is 83.2 cm³/mol. The first-order valence-corrected chi connectivity index (χ1v) is 8.12. The molecule has 1 aliphatic carbocycles. The maximum absolute atomic E-state index is 13.0. The van der Waals surface area contributed by atoms with Crippen LogP contribution in [0.1, 0.15) is 31.2 Å². The third-order valence-electron chi connectivity index (χ3n) is 5.16. The lowest BCUT2D eigenvalue weighted by Gasteiger charge is -2.44. The second kappa shape index (κ2) is 5.09. The van der Waals surface area contributed by atoms with Crippen LogP contribution in [0.5, 0.6) is 0 Å². The summed E-state index contributed by atoms with van der Waals surface area (Å²) >= 11 is 0. The number of fused-ring (bicyclic) bond motifs is 1. The minimum Gasteiger partial charge on any atom is -0.324 e. The van der Waals surface area contributed by atoms with Crippen LogP contribution < -0.4 is 10.6 Å². The molecule has 1 saturated carbocycles. The smallest absolute Gasteiger partial charge is 0.250 e. The molecule has 5 nitrogen and oxygen atoms in total. The number of nitrogens with one attached hydrogen (secondary N) is 2. The molecule has 1 aromatic carbocycles. The molecule has 1 spiro atoms. The molecule has 22 heavy (non-hydrogen) atoms. The first-order valence-electron chi connectivity index (χ1n) is 8.12. The predicted octanol–water partition coefficient (Wildman–Crippen LogP) is 1.50. The lowest BCUT2D eigenvalue weighted by atomic mass is 9.85. The van der Waals surface area contributed by atoms with E-state index in [9.17, 15) is 9.59 Å². The zero-order valence-electron chi connectivity index (χ0n) is 12.6. The Kier molecular flexibility index (Phi) is 3.18. The molecule has 1 aromatic rings. The average Bonchev–Trinajstić information content (AvgIpc) is 3.38. The second-order valence-electron chi connectivity index (χ2n) is 6.59. The van der Waals surface area contributed by atoms with E-state index in [0.29, 0.717) is 19.4 Å². The number of nitrogens with zero attached hydrogens (tertiary/aromatic N) is 1. The van der Waals surface area contributed by atoms with Crippen molar-refractivity contribution in [3.63, 3.8) is 0 Å². The van der Waals surface area contributed by atoms with Gasteiger partial charge in [0.25, 0.3) is 0 Å². The van der Waals surface area contributed by atoms with E-state index in [4.69, 9.17) is 0 Å². The Balaban J connectivity index is 1.78. The van der Waals surface area contributed by atoms with Gasteiger partial charge in [-0.2, -0.15) is 0 Å². The second-order valence-corrected chi connectivity index (χ2v) is 6.59. The Hall–Kier alpha value is -1.88. The van der Waals surface area contributed by atoms with Crippen molar-refractivity contribution in [3.05, 3.63) is 29.8 Å². The SMILES string of the molecule is O=C(C1CC1)N1Cc2ccccc2NC(=O)C12CCNCC2. The maximum atomic E-state index is 13.0. The highest BCUT2D eigenvalue weighted by molar-refractivity contribution is 6.02. The summed E-state index contributed by atoms with van der Waals surface area (Å²) in [6.07, 6.45) is 3.30. The van der Waals surface area contributed by atoms with Gasteiger partial charge in [-0.25, -0.2) is 0 Å². The fraction of sp³-hybridized carbons (Fsp3) is 0.529. The van der Waals surface area contributed by atoms with Crippen LogP contribution >= 0.6 is 0 Å². The first-order chi connectivity index (χ1) is 10.7. The molecule has 2 amide bonds. The fourth-order valence-electron chi connectivity index (χ4n) is 3.64. The third kappa shape index (κ3) is 2.11. The van der Waals surface area contributed by atoms with E-state index in [0.717, 1.165) is 37.2 Å². The summed E-state index contributed by atoms with van der Waals surface area (Å²) in [6.45, 7) is 2.08. The number of benzene rings is 1. The van der Waals surface area contributed by atoms with Crippen LogP contribution in [0.2, 0.25) is 0 Å². The Morgan fingerprint density at radius 3 is 2.64 bits per heavy atom. The van der Waals surface area contributed by atoms with Gasteiger partial charge in [-0.05, 0) is 50.4 Å². The Bertz CT molecular complexity index is 618. The van der Waals surface area contributed by atoms with Crippen molar-refractivity contribution < 1.29 is 9.59 Å². The number of anilines is 1. The van der Waals surface area contributed by atoms with Gasteiger partial charge in [0.05, 0.1) is 0 Å². The van der Waals surface area contributed by atoms with Gasteiger partial charge in [-0.1, -0.05) is 18.2 Å². The fourth-order valence-corrected chi connectivity index (χ4v) is 3.64. The van der Waals surface area contributed by atoms with E-state index >= 15 is 0 Å². The number of rotatable bonds is 1. The number of carbonyl (C=O) groups is 2. The summed E-state index contributed by atoms with van der Waals surface area (Å²) in [6, 6.07) is 7.81. The van der Waals surface area contributed by atoms with Crippen LogP contribution in [-0.4, -0.2) is 35.3 Å². The maximum Gasteiger partial charge on any atom is 0.250 e. The van der Waals surface area contributed by atoms with E-state index in [1.54, 1.807) is 0 Å². The molecule has 0 atom stereocenters. The number of amides is 2. The largest absolute Gasteiger partial charge is 0.324 e. The number of hydrogen-bond acceptors (Lipinski definition) is 3. The number of para-hydroxylation sites is 1. The summed E-state index contributed by atoms with van der Waals surface area (Å²) in [7, 11) is 0. The Morgan fingerprint density at radius 1 is 1.18 bits per heavy atom. The van der Waals surface area contributed by atoms with Gasteiger partial charge in [0.1, 0.15) is 5.54 Å². The molecule has 2 heterocycles. The monoisotopic (exact) mass is 299 g/mol. The van der Waals surface area contributed by atoms with Crippen LogP contribution in [0, 0.1) is 5.92 Å². The van der Waals surface area contributed by atoms with E-state index in [2.05, 4.69) is 10.6 Å². The van der Waals surface area contributed by atoms with Crippen LogP contribution in [0.25, 0.3) is 0 Å². The minimum absolute atomic E-state index is 0.0204. The first kappa shape index (κ1) is 13.8. The minimum atomic E-state index is -0.691. The van der Waals surface area contributed by atoms with Crippen molar-refractivity contribution in [2.24, 2.45) is 5.92 Å². The summed E-state index contributed by atoms with van der Waals surface area (Å²) in [5, 5.41) is 6.37. The van der Waals surface area contributed by atoms with E-state index in [-0.39, 0.29) is 17.7 Å². The molecule has 1 saturated heterocycles. The van der Waals surface area contributed by atoms with Crippen molar-refractivity contribution in [1.82, 2.24) is 10.2 Å². The summed E-state index contributed by atoms with van der Waals surface area (Å²) < 4.78 is 0. The highest BCUT2D eigenvalue weighted by Crippen LogP contribution is 2.39. The van der Waals surface area contributed by atoms with Crippen molar-refractivity contribution in [1.29, 1.82) is 0 Å². The van der Waals surface area contributed by atoms with Crippen LogP contribution in [0.15, 0.2) is 24.3 Å². The van der Waals surface area contributed by atoms with Crippen molar-refractivity contribution in [2.75, 3.05) is 18.4 Å². The standard InChI is InChI=1S/C17H21N3O2/c21-15(12-5-6-12)20-11-13-3-1-2-4-14(13)19-16(22)17(20)7-9-18-10-8-17/h1-4,12,18H,5-11H2,(H,19,22). The molecule has 0 radical (unpaired) electrons. The van der Waals surface area contributed by atoms with Gasteiger partial charge < -0.3 is 15.5 Å². The molecular weight excluding hydrogens is 278 g/mol. The van der Waals surface area contributed by atoms with E-state index in [1.807, 2.05) is 29.2 Å². The Labute approximate surface area is 130 Å². The molecule has 3 aliphatic rings. The summed E-state index contributed by atoms with van der Waals surface area (Å²) in [5.41, 5.74) is 1.18. The highest BCUT2D eigenvalue weighted by Gasteiger charge is 2.51. The van der Waals surface area contributed by atoms with Crippen LogP contribution in [-0.2, 0) is 16.1 Å². The molecule has 0 unspecified atom stereocenters. The molecule has 0 aromatic heterocycles. The van der Waals surface area contributed by atoms with Gasteiger partial charge in [-0.15, -0.1) is 0 Å². The zero-order chi connectivity index (χ0) is 15.2. The molecule has 116 valence electrons. The normalized spacial score (nSPS) is 23.6. The van der Waals surface area contributed by atoms with Gasteiger partial charge in [0.15, 0.2) is 0 Å². The van der Waals surface area contributed by atoms with Gasteiger partial charge in [0, 0.05) is 18.2 Å². The third-order valence-corrected chi connectivity index (χ3v) is 5.16. The summed E-state index contributed by atoms with van der Waals surface area (Å²) in [5.74, 6) is 0.270. The van der Waals surface area contributed by atoms with Crippen LogP contribution in [0.4, 0.5) is 5.69 Å². The summed E-state index contributed by atoms with van der Waals surface area (Å²) in [4.78, 5) is 27.7. The van der Waals surface area contributed by atoms with Gasteiger partial charge >= 0.3 is 0 Å². The number of carbonyl (C=O) groups excluding carboxylic acids is 2. The molecule has 0 bridgehead atoms. The quantitative estimate of drug-likeness (QED) is 0.826. The lowest BCUT2D eigenvalue weighted by Crippen LogP contribution is -2.62. The van der Waals surface area contributed by atoms with Crippen LogP contribution in [0.3, 0.4) is 0 Å². The topological polar surface area (TPSA) is 61.4 Å². The van der Waals surface area contributed by atoms with Gasteiger partial charge in [0.2, 0.25) is 11.8 Å². The molecule has 2 fully saturated rings. The van der Waals surface area contributed by atoms with E-state index < -0.39 is 5.54 Å². The highest BCUT2D eigenvalue weighted by atomic mass is 16.2. The molecule has 5 heteroatoms. The average molecular weight is 299 g/mol. The van der Waals surface area contributed by atoms with Crippen molar-refractivity contribution >= 4 is 17.5 Å². The van der Waals surface area contributed by atoms with Crippen molar-refractivity contribution in [3.8, 4) is 0 Å². The lowest BCUT2D eigenvalue weighted by molar-refractivity contribution is -0.149. The van der Waals surface area contributed by atoms with E-state index in [1.165, 1.54) is 0 Å². The zero-order valence-corrected chi connectivity index (χ0v) is 12.6. The molecule has 4 rings (SSSR count). The Morgan fingerprint density at radius 2 is 1.91 bits per heavy atom.